The second-order valence-corrected chi connectivity index (χ2v) is 10.1. The van der Waals surface area contributed by atoms with Gasteiger partial charge in [0.15, 0.2) is 0 Å². The van der Waals surface area contributed by atoms with Crippen LogP contribution in [0, 0.1) is 5.82 Å². The Kier molecular flexibility index (Phi) is 9.37. The van der Waals surface area contributed by atoms with Gasteiger partial charge in [-0.15, -0.1) is 0 Å². The van der Waals surface area contributed by atoms with Gasteiger partial charge < -0.3 is 0 Å². The molecule has 182 valence electrons. The second kappa shape index (κ2) is 12.9. The Balaban J connectivity index is 1.32. The zero-order valence-electron chi connectivity index (χ0n) is 20.8. The summed E-state index contributed by atoms with van der Waals surface area (Å²) in [5.74, 6) is -0.0895. The molecule has 0 aromatic heterocycles. The number of hydrogen-bond acceptors (Lipinski definition) is 0. The van der Waals surface area contributed by atoms with Gasteiger partial charge >= 0.3 is 0 Å². The molecule has 2 heteroatoms. The fourth-order valence-corrected chi connectivity index (χ4v) is 4.89. The van der Waals surface area contributed by atoms with Gasteiger partial charge in [-0.25, -0.2) is 4.39 Å². The molecule has 0 nitrogen and oxygen atoms in total. The summed E-state index contributed by atoms with van der Waals surface area (Å²) in [6.45, 7) is 2.26. The lowest BCUT2D eigenvalue weighted by molar-refractivity contribution is 0.620. The highest BCUT2D eigenvalue weighted by Crippen LogP contribution is 2.25. The van der Waals surface area contributed by atoms with Gasteiger partial charge in [-0.3, -0.25) is 0 Å². The average molecular weight is 487 g/mol. The van der Waals surface area contributed by atoms with Crippen molar-refractivity contribution >= 4 is 22.4 Å². The summed E-state index contributed by atoms with van der Waals surface area (Å²) in [6, 6.07) is 27.1. The number of halogens is 2. The molecule has 35 heavy (non-hydrogen) atoms. The van der Waals surface area contributed by atoms with Crippen LogP contribution in [0.15, 0.2) is 78.9 Å². The Morgan fingerprint density at radius 2 is 1.14 bits per heavy atom. The van der Waals surface area contributed by atoms with Gasteiger partial charge in [0.2, 0.25) is 0 Å². The number of benzene rings is 4. The van der Waals surface area contributed by atoms with Gasteiger partial charge in [0.05, 0.1) is 0 Å². The summed E-state index contributed by atoms with van der Waals surface area (Å²) in [5, 5.41) is 2.42. The standard InChI is InChI=1S/C33H36ClF/c1-2-3-4-5-6-7-25-8-10-26(11-9-25)12-13-28-17-23-32-30(24-28)20-19-29(33(32)35)18-14-27-15-21-31(34)22-16-27/h8-11,15-17,19-24H,2-7,12-14,18H2,1H3. The molecule has 4 aromatic carbocycles. The van der Waals surface area contributed by atoms with E-state index in [9.17, 15) is 0 Å². The summed E-state index contributed by atoms with van der Waals surface area (Å²) in [7, 11) is 0. The molecular weight excluding hydrogens is 451 g/mol. The molecule has 0 aliphatic rings. The highest BCUT2D eigenvalue weighted by molar-refractivity contribution is 6.30. The third-order valence-corrected chi connectivity index (χ3v) is 7.24. The molecule has 0 saturated heterocycles. The molecule has 0 bridgehead atoms. The molecule has 0 aliphatic carbocycles. The molecule has 0 unspecified atom stereocenters. The molecule has 0 spiro atoms. The van der Waals surface area contributed by atoms with Crippen LogP contribution in [0.1, 0.15) is 66.8 Å². The van der Waals surface area contributed by atoms with Gasteiger partial charge in [0.1, 0.15) is 5.82 Å². The lowest BCUT2D eigenvalue weighted by atomic mass is 9.97. The van der Waals surface area contributed by atoms with Crippen LogP contribution in [-0.2, 0) is 32.1 Å². The van der Waals surface area contributed by atoms with E-state index in [1.54, 1.807) is 0 Å². The minimum atomic E-state index is -0.0895. The van der Waals surface area contributed by atoms with E-state index in [1.165, 1.54) is 60.8 Å². The van der Waals surface area contributed by atoms with Crippen molar-refractivity contribution in [2.45, 2.75) is 71.1 Å². The maximum Gasteiger partial charge on any atom is 0.134 e. The predicted octanol–water partition coefficient (Wildman–Crippen LogP) is 9.72. The van der Waals surface area contributed by atoms with E-state index in [4.69, 9.17) is 11.6 Å². The average Bonchev–Trinajstić information content (AvgIpc) is 2.88. The van der Waals surface area contributed by atoms with Crippen LogP contribution in [0.3, 0.4) is 0 Å². The van der Waals surface area contributed by atoms with Crippen molar-refractivity contribution in [3.63, 3.8) is 0 Å². The number of aryl methyl sites for hydroxylation is 5. The minimum absolute atomic E-state index is 0.0895. The van der Waals surface area contributed by atoms with E-state index in [-0.39, 0.29) is 5.82 Å². The molecular formula is C33H36ClF. The van der Waals surface area contributed by atoms with Gasteiger partial charge in [-0.05, 0) is 83.9 Å². The number of rotatable bonds is 12. The Morgan fingerprint density at radius 3 is 1.86 bits per heavy atom. The van der Waals surface area contributed by atoms with Crippen LogP contribution in [0.25, 0.3) is 10.8 Å². The molecule has 0 heterocycles. The Bertz CT molecular complexity index is 1210. The smallest absolute Gasteiger partial charge is 0.134 e. The van der Waals surface area contributed by atoms with Gasteiger partial charge in [-0.2, -0.15) is 0 Å². The quantitative estimate of drug-likeness (QED) is 0.175. The topological polar surface area (TPSA) is 0 Å². The van der Waals surface area contributed by atoms with Crippen LogP contribution in [0.2, 0.25) is 5.02 Å². The molecule has 0 amide bonds. The minimum Gasteiger partial charge on any atom is -0.206 e. The lowest BCUT2D eigenvalue weighted by Crippen LogP contribution is -1.97. The first-order valence-electron chi connectivity index (χ1n) is 13.1. The number of unbranched alkanes of at least 4 members (excludes halogenated alkanes) is 4. The van der Waals surface area contributed by atoms with Crippen molar-refractivity contribution in [2.24, 2.45) is 0 Å². The second-order valence-electron chi connectivity index (χ2n) is 9.70. The summed E-state index contributed by atoms with van der Waals surface area (Å²) in [4.78, 5) is 0. The van der Waals surface area contributed by atoms with Crippen molar-refractivity contribution in [2.75, 3.05) is 0 Å². The molecule has 0 aliphatic heterocycles. The van der Waals surface area contributed by atoms with Crippen LogP contribution in [-0.4, -0.2) is 0 Å². The highest BCUT2D eigenvalue weighted by Gasteiger charge is 2.09. The first-order chi connectivity index (χ1) is 17.1. The highest BCUT2D eigenvalue weighted by atomic mass is 35.5. The monoisotopic (exact) mass is 486 g/mol. The summed E-state index contributed by atoms with van der Waals surface area (Å²) in [5.41, 5.74) is 6.00. The van der Waals surface area contributed by atoms with Crippen LogP contribution >= 0.6 is 11.6 Å². The van der Waals surface area contributed by atoms with Gasteiger partial charge in [0, 0.05) is 10.4 Å². The summed E-state index contributed by atoms with van der Waals surface area (Å²) >= 11 is 5.96. The molecule has 0 fully saturated rings. The van der Waals surface area contributed by atoms with Crippen molar-refractivity contribution in [3.05, 3.63) is 118 Å². The first kappa shape index (κ1) is 25.5. The molecule has 0 saturated carbocycles. The van der Waals surface area contributed by atoms with E-state index in [2.05, 4.69) is 49.4 Å². The van der Waals surface area contributed by atoms with Gasteiger partial charge in [-0.1, -0.05) is 111 Å². The zero-order chi connectivity index (χ0) is 24.5. The Hall–Kier alpha value is -2.64. The Morgan fingerprint density at radius 1 is 0.571 bits per heavy atom. The SMILES string of the molecule is CCCCCCCc1ccc(CCc2ccc3c(F)c(CCc4ccc(Cl)cc4)ccc3c2)cc1. The van der Waals surface area contributed by atoms with Crippen LogP contribution in [0.4, 0.5) is 4.39 Å². The Labute approximate surface area is 215 Å². The van der Waals surface area contributed by atoms with Crippen LogP contribution < -0.4 is 0 Å². The zero-order valence-corrected chi connectivity index (χ0v) is 21.6. The largest absolute Gasteiger partial charge is 0.206 e. The fraction of sp³-hybridized carbons (Fsp3) is 0.333. The maximum atomic E-state index is 15.2. The van der Waals surface area contributed by atoms with E-state index < -0.39 is 0 Å². The first-order valence-corrected chi connectivity index (χ1v) is 13.5. The van der Waals surface area contributed by atoms with Crippen molar-refractivity contribution < 1.29 is 4.39 Å². The van der Waals surface area contributed by atoms with E-state index in [0.29, 0.717) is 11.8 Å². The van der Waals surface area contributed by atoms with Crippen LogP contribution in [0.5, 0.6) is 0 Å². The number of fused-ring (bicyclic) bond motifs is 1. The van der Waals surface area contributed by atoms with E-state index in [1.807, 2.05) is 36.4 Å². The van der Waals surface area contributed by atoms with Crippen molar-refractivity contribution in [1.29, 1.82) is 0 Å². The third kappa shape index (κ3) is 7.42. The molecule has 0 radical (unpaired) electrons. The lowest BCUT2D eigenvalue weighted by Gasteiger charge is -2.09. The molecule has 4 rings (SSSR count). The number of hydrogen-bond donors (Lipinski definition) is 0. The summed E-state index contributed by atoms with van der Waals surface area (Å²) in [6.07, 6.45) is 11.3. The van der Waals surface area contributed by atoms with Crippen molar-refractivity contribution in [1.82, 2.24) is 0 Å². The van der Waals surface area contributed by atoms with Gasteiger partial charge in [0.25, 0.3) is 0 Å². The predicted molar refractivity (Wildman–Crippen MR) is 149 cm³/mol. The maximum absolute atomic E-state index is 15.2. The molecule has 0 N–H and O–H groups in total. The fourth-order valence-electron chi connectivity index (χ4n) is 4.76. The molecule has 4 aromatic rings. The molecule has 0 atom stereocenters. The third-order valence-electron chi connectivity index (χ3n) is 6.99. The van der Waals surface area contributed by atoms with E-state index in [0.717, 1.165) is 35.2 Å². The summed E-state index contributed by atoms with van der Waals surface area (Å²) < 4.78 is 15.2. The van der Waals surface area contributed by atoms with Crippen molar-refractivity contribution in [3.8, 4) is 0 Å². The normalized spacial score (nSPS) is 11.3. The van der Waals surface area contributed by atoms with E-state index >= 15 is 4.39 Å².